The summed E-state index contributed by atoms with van der Waals surface area (Å²) in [6.07, 6.45) is 2.54. The molecule has 38 heavy (non-hydrogen) atoms. The highest BCUT2D eigenvalue weighted by Crippen LogP contribution is 2.36. The molecule has 0 spiro atoms. The number of rotatable bonds is 13. The summed E-state index contributed by atoms with van der Waals surface area (Å²) in [5.74, 6) is 1.21. The van der Waals surface area contributed by atoms with E-state index < -0.39 is 5.60 Å². The monoisotopic (exact) mass is 522 g/mol. The maximum atomic E-state index is 13.6. The summed E-state index contributed by atoms with van der Waals surface area (Å²) >= 11 is 0. The number of aliphatic hydroxyl groups is 1. The van der Waals surface area contributed by atoms with Crippen molar-refractivity contribution < 1.29 is 28.5 Å². The first-order chi connectivity index (χ1) is 18.2. The van der Waals surface area contributed by atoms with Crippen LogP contribution < -0.4 is 14.2 Å². The summed E-state index contributed by atoms with van der Waals surface area (Å²) in [6, 6.07) is 14.6. The van der Waals surface area contributed by atoms with Gasteiger partial charge >= 0.3 is 0 Å². The summed E-state index contributed by atoms with van der Waals surface area (Å²) < 4.78 is 30.8. The Morgan fingerprint density at radius 2 is 1.79 bits per heavy atom. The highest BCUT2D eigenvalue weighted by atomic mass is 19.1. The van der Waals surface area contributed by atoms with E-state index in [1.807, 2.05) is 19.0 Å². The van der Waals surface area contributed by atoms with Crippen LogP contribution in [-0.4, -0.2) is 61.2 Å². The molecule has 8 heteroatoms. The van der Waals surface area contributed by atoms with Crippen molar-refractivity contribution in [2.24, 2.45) is 0 Å². The predicted molar refractivity (Wildman–Crippen MR) is 143 cm³/mol. The fraction of sp³-hybridized carbons (Fsp3) is 0.400. The Morgan fingerprint density at radius 3 is 2.45 bits per heavy atom. The van der Waals surface area contributed by atoms with Gasteiger partial charge in [-0.1, -0.05) is 0 Å². The molecule has 0 saturated heterocycles. The maximum absolute atomic E-state index is 13.6. The Labute approximate surface area is 223 Å². The van der Waals surface area contributed by atoms with E-state index in [1.54, 1.807) is 56.5 Å². The lowest BCUT2D eigenvalue weighted by atomic mass is 9.92. The second-order valence-corrected chi connectivity index (χ2v) is 10.1. The van der Waals surface area contributed by atoms with Crippen LogP contribution in [0.15, 0.2) is 54.6 Å². The SMILES string of the molecule is COc1cc(C(=O)CCC(C)(O)c2ccc(OCCN(C)C)c(-c3ccc(F)cc3)n2)ccc1OC1CC1. The summed E-state index contributed by atoms with van der Waals surface area (Å²) in [5.41, 5.74) is 0.677. The number of nitrogens with zero attached hydrogens (tertiary/aromatic N) is 2. The van der Waals surface area contributed by atoms with E-state index in [4.69, 9.17) is 19.2 Å². The average molecular weight is 523 g/mol. The Kier molecular flexibility index (Phi) is 8.64. The molecule has 0 bridgehead atoms. The average Bonchev–Trinajstić information content (AvgIpc) is 3.72. The lowest BCUT2D eigenvalue weighted by Crippen LogP contribution is -2.24. The topological polar surface area (TPSA) is 81.1 Å². The largest absolute Gasteiger partial charge is 0.493 e. The third-order valence-electron chi connectivity index (χ3n) is 6.47. The van der Waals surface area contributed by atoms with Gasteiger partial charge in [0, 0.05) is 24.1 Å². The molecule has 1 N–H and O–H groups in total. The molecule has 2 aromatic carbocycles. The van der Waals surface area contributed by atoms with Gasteiger partial charge in [-0.15, -0.1) is 0 Å². The quantitative estimate of drug-likeness (QED) is 0.307. The summed E-state index contributed by atoms with van der Waals surface area (Å²) in [5, 5.41) is 11.3. The molecule has 1 saturated carbocycles. The zero-order chi connectivity index (χ0) is 27.3. The number of benzene rings is 2. The number of likely N-dealkylation sites (N-methyl/N-ethyl adjacent to an activating group) is 1. The van der Waals surface area contributed by atoms with Gasteiger partial charge in [0.25, 0.3) is 0 Å². The van der Waals surface area contributed by atoms with E-state index in [9.17, 15) is 14.3 Å². The van der Waals surface area contributed by atoms with Crippen LogP contribution in [0.25, 0.3) is 11.3 Å². The number of methoxy groups -OCH3 is 1. The van der Waals surface area contributed by atoms with Crippen molar-refractivity contribution >= 4 is 5.78 Å². The fourth-order valence-electron chi connectivity index (χ4n) is 3.95. The molecule has 0 aliphatic heterocycles. The van der Waals surface area contributed by atoms with Gasteiger partial charge in [0.15, 0.2) is 17.3 Å². The van der Waals surface area contributed by atoms with E-state index in [0.29, 0.717) is 52.9 Å². The number of hydrogen-bond acceptors (Lipinski definition) is 7. The molecular formula is C30H35FN2O5. The van der Waals surface area contributed by atoms with Crippen molar-refractivity contribution in [3.05, 3.63) is 71.7 Å². The standard InChI is InChI=1S/C30H35FN2O5/c1-30(35,16-15-24(34)21-7-12-25(27(19-21)36-4)38-23-10-11-23)28-14-13-26(37-18-17-33(2)3)29(32-28)20-5-8-22(31)9-6-20/h5-9,12-14,19,23,35H,10-11,15-18H2,1-4H3. The van der Waals surface area contributed by atoms with E-state index in [1.165, 1.54) is 12.1 Å². The molecule has 0 radical (unpaired) electrons. The van der Waals surface area contributed by atoms with Crippen molar-refractivity contribution in [1.82, 2.24) is 9.88 Å². The molecule has 1 heterocycles. The van der Waals surface area contributed by atoms with Crippen LogP contribution in [0.1, 0.15) is 48.7 Å². The van der Waals surface area contributed by atoms with Crippen LogP contribution in [-0.2, 0) is 5.60 Å². The summed E-state index contributed by atoms with van der Waals surface area (Å²) in [6.45, 7) is 2.79. The molecule has 1 aliphatic rings. The molecule has 3 aromatic rings. The smallest absolute Gasteiger partial charge is 0.163 e. The lowest BCUT2D eigenvalue weighted by Gasteiger charge is -2.24. The Balaban J connectivity index is 1.50. The minimum absolute atomic E-state index is 0.105. The van der Waals surface area contributed by atoms with Gasteiger partial charge in [-0.25, -0.2) is 9.37 Å². The fourth-order valence-corrected chi connectivity index (χ4v) is 3.95. The van der Waals surface area contributed by atoms with Gasteiger partial charge in [-0.3, -0.25) is 4.79 Å². The number of ketones is 1. The van der Waals surface area contributed by atoms with Crippen molar-refractivity contribution in [1.29, 1.82) is 0 Å². The molecule has 7 nitrogen and oxygen atoms in total. The first kappa shape index (κ1) is 27.5. The number of carbonyl (C=O) groups is 1. The van der Waals surface area contributed by atoms with Gasteiger partial charge in [-0.05, 0) is 94.9 Å². The van der Waals surface area contributed by atoms with Crippen molar-refractivity contribution in [2.75, 3.05) is 34.4 Å². The van der Waals surface area contributed by atoms with Gasteiger partial charge in [0.1, 0.15) is 29.5 Å². The molecule has 1 unspecified atom stereocenters. The maximum Gasteiger partial charge on any atom is 0.163 e. The summed E-state index contributed by atoms with van der Waals surface area (Å²) in [4.78, 5) is 19.7. The molecular weight excluding hydrogens is 487 g/mol. The number of hydrogen-bond donors (Lipinski definition) is 1. The van der Waals surface area contributed by atoms with E-state index >= 15 is 0 Å². The van der Waals surface area contributed by atoms with Crippen LogP contribution in [0.4, 0.5) is 4.39 Å². The number of carbonyl (C=O) groups excluding carboxylic acids is 1. The molecule has 1 aliphatic carbocycles. The molecule has 0 amide bonds. The minimum Gasteiger partial charge on any atom is -0.493 e. The third-order valence-corrected chi connectivity index (χ3v) is 6.47. The van der Waals surface area contributed by atoms with Crippen molar-refractivity contribution in [2.45, 2.75) is 44.3 Å². The lowest BCUT2D eigenvalue weighted by molar-refractivity contribution is 0.0397. The zero-order valence-corrected chi connectivity index (χ0v) is 22.4. The number of halogens is 1. The van der Waals surface area contributed by atoms with E-state index in [2.05, 4.69) is 0 Å². The van der Waals surface area contributed by atoms with Crippen LogP contribution in [0, 0.1) is 5.82 Å². The molecule has 202 valence electrons. The molecule has 1 atom stereocenters. The first-order valence-electron chi connectivity index (χ1n) is 12.8. The number of pyridine rings is 1. The number of Topliss-reactive ketones (excluding diaryl/α,β-unsaturated/α-hetero) is 1. The summed E-state index contributed by atoms with van der Waals surface area (Å²) in [7, 11) is 5.46. The van der Waals surface area contributed by atoms with Gasteiger partial charge < -0.3 is 24.2 Å². The second kappa shape index (κ2) is 11.9. The van der Waals surface area contributed by atoms with Crippen LogP contribution >= 0.6 is 0 Å². The van der Waals surface area contributed by atoms with Gasteiger partial charge in [-0.2, -0.15) is 0 Å². The number of aromatic nitrogens is 1. The van der Waals surface area contributed by atoms with Gasteiger partial charge in [0.05, 0.1) is 18.9 Å². The Hall–Kier alpha value is -3.49. The van der Waals surface area contributed by atoms with E-state index in [0.717, 1.165) is 12.8 Å². The highest BCUT2D eigenvalue weighted by Gasteiger charge is 2.28. The molecule has 1 aromatic heterocycles. The highest BCUT2D eigenvalue weighted by molar-refractivity contribution is 5.96. The Bertz CT molecular complexity index is 1260. The molecule has 1 fully saturated rings. The van der Waals surface area contributed by atoms with Crippen LogP contribution in [0.5, 0.6) is 17.2 Å². The zero-order valence-electron chi connectivity index (χ0n) is 22.4. The Morgan fingerprint density at radius 1 is 1.08 bits per heavy atom. The minimum atomic E-state index is -1.38. The molecule has 4 rings (SSSR count). The normalized spacial score (nSPS) is 14.7. The first-order valence-corrected chi connectivity index (χ1v) is 12.8. The van der Waals surface area contributed by atoms with Crippen molar-refractivity contribution in [3.63, 3.8) is 0 Å². The van der Waals surface area contributed by atoms with Crippen LogP contribution in [0.2, 0.25) is 0 Å². The third kappa shape index (κ3) is 7.08. The van der Waals surface area contributed by atoms with Crippen LogP contribution in [0.3, 0.4) is 0 Å². The van der Waals surface area contributed by atoms with Crippen molar-refractivity contribution in [3.8, 4) is 28.5 Å². The second-order valence-electron chi connectivity index (χ2n) is 10.1. The van der Waals surface area contributed by atoms with Gasteiger partial charge in [0.2, 0.25) is 0 Å². The predicted octanol–water partition coefficient (Wildman–Crippen LogP) is 5.25. The number of ether oxygens (including phenoxy) is 3. The van der Waals surface area contributed by atoms with E-state index in [-0.39, 0.29) is 30.5 Å².